The van der Waals surface area contributed by atoms with Gasteiger partial charge in [-0.05, 0) is 32.0 Å². The van der Waals surface area contributed by atoms with E-state index in [-0.39, 0.29) is 36.6 Å². The maximum atomic E-state index is 13.8. The highest BCUT2D eigenvalue weighted by molar-refractivity contribution is 5.79. The molecule has 0 saturated heterocycles. The summed E-state index contributed by atoms with van der Waals surface area (Å²) in [6.45, 7) is 3.53. The fourth-order valence-electron chi connectivity index (χ4n) is 3.04. The Bertz CT molecular complexity index is 1160. The Kier molecular flexibility index (Phi) is 5.92. The van der Waals surface area contributed by atoms with Gasteiger partial charge in [0.2, 0.25) is 0 Å². The molecule has 2 aromatic heterocycles. The quantitative estimate of drug-likeness (QED) is 0.550. The predicted molar refractivity (Wildman–Crippen MR) is 103 cm³/mol. The number of esters is 1. The molecule has 154 valence electrons. The Hall–Kier alpha value is -3.27. The molecular weight excluding hydrogens is 383 g/mol. The first kappa shape index (κ1) is 20.5. The Labute approximate surface area is 164 Å². The van der Waals surface area contributed by atoms with Gasteiger partial charge in [-0.3, -0.25) is 9.36 Å². The van der Waals surface area contributed by atoms with E-state index in [2.05, 4.69) is 4.98 Å². The molecule has 0 aliphatic rings. The normalized spacial score (nSPS) is 12.3. The fourth-order valence-corrected chi connectivity index (χ4v) is 3.04. The van der Waals surface area contributed by atoms with Gasteiger partial charge in [0, 0.05) is 7.11 Å². The largest absolute Gasteiger partial charge is 0.464 e. The van der Waals surface area contributed by atoms with Crippen LogP contribution in [-0.2, 0) is 20.8 Å². The highest BCUT2D eigenvalue weighted by Gasteiger charge is 2.24. The molecule has 0 bridgehead atoms. The first-order valence-corrected chi connectivity index (χ1v) is 9.04. The summed E-state index contributed by atoms with van der Waals surface area (Å²) in [5.74, 6) is -1.09. The highest BCUT2D eigenvalue weighted by Crippen LogP contribution is 2.18. The molecule has 0 N–H and O–H groups in total. The summed E-state index contributed by atoms with van der Waals surface area (Å²) in [5.41, 5.74) is -1.04. The molecule has 1 unspecified atom stereocenters. The van der Waals surface area contributed by atoms with Gasteiger partial charge >= 0.3 is 11.7 Å². The first-order chi connectivity index (χ1) is 13.9. The van der Waals surface area contributed by atoms with E-state index in [1.54, 1.807) is 13.8 Å². The Morgan fingerprint density at radius 3 is 2.72 bits per heavy atom. The number of hydrogen-bond acceptors (Lipinski definition) is 6. The number of methoxy groups -OCH3 is 1. The second-order valence-electron chi connectivity index (χ2n) is 6.30. The SMILES string of the molecule is CCOC(=O)C(C)n1cnc2c1c(=O)n(CCOC)c(=O)n2-c1cccc(F)c1. The molecule has 3 aromatic rings. The van der Waals surface area contributed by atoms with E-state index >= 15 is 0 Å². The average molecular weight is 404 g/mol. The Morgan fingerprint density at radius 1 is 1.31 bits per heavy atom. The van der Waals surface area contributed by atoms with Crippen LogP contribution >= 0.6 is 0 Å². The number of ether oxygens (including phenoxy) is 2. The second kappa shape index (κ2) is 8.39. The van der Waals surface area contributed by atoms with E-state index in [1.165, 1.54) is 42.3 Å². The minimum absolute atomic E-state index is 0.0155. The molecule has 0 saturated carbocycles. The van der Waals surface area contributed by atoms with Gasteiger partial charge in [0.15, 0.2) is 11.2 Å². The monoisotopic (exact) mass is 404 g/mol. The summed E-state index contributed by atoms with van der Waals surface area (Å²) in [6.07, 6.45) is 1.30. The van der Waals surface area contributed by atoms with Crippen LogP contribution in [0.2, 0.25) is 0 Å². The number of carbonyl (C=O) groups is 1. The van der Waals surface area contributed by atoms with E-state index < -0.39 is 29.1 Å². The molecule has 0 spiro atoms. The lowest BCUT2D eigenvalue weighted by Gasteiger charge is -2.15. The number of fused-ring (bicyclic) bond motifs is 1. The molecule has 0 aliphatic carbocycles. The summed E-state index contributed by atoms with van der Waals surface area (Å²) >= 11 is 0. The van der Waals surface area contributed by atoms with Gasteiger partial charge in [-0.15, -0.1) is 0 Å². The molecule has 0 fully saturated rings. The van der Waals surface area contributed by atoms with Crippen LogP contribution < -0.4 is 11.2 Å². The zero-order valence-corrected chi connectivity index (χ0v) is 16.3. The number of aromatic nitrogens is 4. The molecule has 3 rings (SSSR count). The number of carbonyl (C=O) groups excluding carboxylic acids is 1. The van der Waals surface area contributed by atoms with E-state index in [0.29, 0.717) is 0 Å². The number of benzene rings is 1. The van der Waals surface area contributed by atoms with Crippen LogP contribution in [-0.4, -0.2) is 45.0 Å². The molecular formula is C19H21FN4O5. The van der Waals surface area contributed by atoms with Crippen LogP contribution in [0.1, 0.15) is 19.9 Å². The third kappa shape index (κ3) is 3.70. The molecule has 1 atom stereocenters. The van der Waals surface area contributed by atoms with Gasteiger partial charge in [-0.25, -0.2) is 23.5 Å². The van der Waals surface area contributed by atoms with Gasteiger partial charge in [0.25, 0.3) is 5.56 Å². The van der Waals surface area contributed by atoms with Crippen molar-refractivity contribution < 1.29 is 18.7 Å². The summed E-state index contributed by atoms with van der Waals surface area (Å²) in [4.78, 5) is 42.5. The van der Waals surface area contributed by atoms with E-state index in [1.807, 2.05) is 0 Å². The van der Waals surface area contributed by atoms with Gasteiger partial charge in [0.1, 0.15) is 11.9 Å². The molecule has 10 heteroatoms. The summed E-state index contributed by atoms with van der Waals surface area (Å²) in [7, 11) is 1.45. The highest BCUT2D eigenvalue weighted by atomic mass is 19.1. The van der Waals surface area contributed by atoms with Crippen LogP contribution in [0.5, 0.6) is 0 Å². The smallest absolute Gasteiger partial charge is 0.337 e. The number of rotatable bonds is 7. The summed E-state index contributed by atoms with van der Waals surface area (Å²) in [5, 5.41) is 0. The molecule has 2 heterocycles. The van der Waals surface area contributed by atoms with Crippen molar-refractivity contribution >= 4 is 17.1 Å². The van der Waals surface area contributed by atoms with Gasteiger partial charge in [-0.2, -0.15) is 0 Å². The van der Waals surface area contributed by atoms with E-state index in [0.717, 1.165) is 9.13 Å². The van der Waals surface area contributed by atoms with Crippen molar-refractivity contribution in [2.24, 2.45) is 0 Å². The van der Waals surface area contributed by atoms with Crippen molar-refractivity contribution in [3.8, 4) is 5.69 Å². The zero-order chi connectivity index (χ0) is 21.1. The van der Waals surface area contributed by atoms with Crippen molar-refractivity contribution in [3.05, 3.63) is 57.2 Å². The zero-order valence-electron chi connectivity index (χ0n) is 16.3. The lowest BCUT2D eigenvalue weighted by Crippen LogP contribution is -2.41. The number of imidazole rings is 1. The van der Waals surface area contributed by atoms with Crippen LogP contribution in [0.4, 0.5) is 4.39 Å². The molecule has 9 nitrogen and oxygen atoms in total. The maximum Gasteiger partial charge on any atom is 0.337 e. The maximum absolute atomic E-state index is 13.8. The predicted octanol–water partition coefficient (Wildman–Crippen LogP) is 1.26. The minimum atomic E-state index is -0.845. The number of halogens is 1. The van der Waals surface area contributed by atoms with Gasteiger partial charge in [-0.1, -0.05) is 6.07 Å². The lowest BCUT2D eigenvalue weighted by molar-refractivity contribution is -0.146. The van der Waals surface area contributed by atoms with Crippen molar-refractivity contribution in [2.75, 3.05) is 20.3 Å². The third-order valence-electron chi connectivity index (χ3n) is 4.49. The molecule has 0 radical (unpaired) electrons. The third-order valence-corrected chi connectivity index (χ3v) is 4.49. The van der Waals surface area contributed by atoms with Gasteiger partial charge < -0.3 is 14.0 Å². The van der Waals surface area contributed by atoms with Crippen molar-refractivity contribution in [1.82, 2.24) is 18.7 Å². The number of hydrogen-bond donors (Lipinski definition) is 0. The van der Waals surface area contributed by atoms with Crippen LogP contribution in [0.15, 0.2) is 40.2 Å². The van der Waals surface area contributed by atoms with Crippen molar-refractivity contribution in [3.63, 3.8) is 0 Å². The second-order valence-corrected chi connectivity index (χ2v) is 6.30. The van der Waals surface area contributed by atoms with Crippen LogP contribution in [0, 0.1) is 5.82 Å². The molecule has 0 amide bonds. The lowest BCUT2D eigenvalue weighted by atomic mass is 10.3. The average Bonchev–Trinajstić information content (AvgIpc) is 3.12. The van der Waals surface area contributed by atoms with Gasteiger partial charge in [0.05, 0.1) is 31.8 Å². The van der Waals surface area contributed by atoms with Crippen molar-refractivity contribution in [1.29, 1.82) is 0 Å². The fraction of sp³-hybridized carbons (Fsp3) is 0.368. The molecule has 1 aromatic carbocycles. The summed E-state index contributed by atoms with van der Waals surface area (Å²) < 4.78 is 27.3. The minimum Gasteiger partial charge on any atom is -0.464 e. The summed E-state index contributed by atoms with van der Waals surface area (Å²) in [6, 6.07) is 4.55. The van der Waals surface area contributed by atoms with Crippen LogP contribution in [0.25, 0.3) is 16.9 Å². The Morgan fingerprint density at radius 2 is 2.07 bits per heavy atom. The molecule has 0 aliphatic heterocycles. The topological polar surface area (TPSA) is 97.4 Å². The standard InChI is InChI=1S/C19H21FN4O5/c1-4-29-18(26)12(2)23-11-21-16-15(23)17(25)22(8-9-28-3)19(27)24(16)14-7-5-6-13(20)10-14/h5-7,10-12H,4,8-9H2,1-3H3. The van der Waals surface area contributed by atoms with E-state index in [4.69, 9.17) is 9.47 Å². The van der Waals surface area contributed by atoms with Crippen molar-refractivity contribution in [2.45, 2.75) is 26.4 Å². The first-order valence-electron chi connectivity index (χ1n) is 9.04. The van der Waals surface area contributed by atoms with E-state index in [9.17, 15) is 18.8 Å². The Balaban J connectivity index is 2.34. The van der Waals surface area contributed by atoms with Crippen LogP contribution in [0.3, 0.4) is 0 Å². The molecule has 29 heavy (non-hydrogen) atoms. The number of nitrogens with zero attached hydrogens (tertiary/aromatic N) is 4.